The van der Waals surface area contributed by atoms with Crippen molar-refractivity contribution in [2.24, 2.45) is 5.73 Å². The molecule has 3 N–H and O–H groups in total. The number of hydrogen-bond acceptors (Lipinski definition) is 3. The van der Waals surface area contributed by atoms with Gasteiger partial charge in [0.2, 0.25) is 0 Å². The maximum absolute atomic E-state index is 13.3. The number of ether oxygens (including phenoxy) is 1. The smallest absolute Gasteiger partial charge is 0.251 e. The van der Waals surface area contributed by atoms with Crippen molar-refractivity contribution in [1.82, 2.24) is 5.32 Å². The number of hydrogen-bond donors (Lipinski definition) is 2. The quantitative estimate of drug-likeness (QED) is 0.768. The maximum Gasteiger partial charge on any atom is 0.251 e. The first-order valence-electron chi connectivity index (χ1n) is 4.44. The first-order valence-corrected chi connectivity index (χ1v) is 4.85. The van der Waals surface area contributed by atoms with Crippen LogP contribution in [-0.4, -0.2) is 24.6 Å². The number of rotatable bonds is 4. The highest BCUT2D eigenvalue weighted by atomic mass is 32.1. The van der Waals surface area contributed by atoms with Gasteiger partial charge in [0.15, 0.2) is 11.6 Å². The lowest BCUT2D eigenvalue weighted by Crippen LogP contribution is -2.32. The number of amides is 1. The molecule has 0 fully saturated rings. The van der Waals surface area contributed by atoms with Gasteiger partial charge >= 0.3 is 0 Å². The van der Waals surface area contributed by atoms with Crippen molar-refractivity contribution in [3.8, 4) is 5.75 Å². The molecule has 0 saturated carbocycles. The van der Waals surface area contributed by atoms with Crippen molar-refractivity contribution < 1.29 is 13.9 Å². The van der Waals surface area contributed by atoms with E-state index in [1.807, 2.05) is 0 Å². The Morgan fingerprint density at radius 2 is 2.31 bits per heavy atom. The predicted molar refractivity (Wildman–Crippen MR) is 62.1 cm³/mol. The number of nitrogens with two attached hydrogens (primary N) is 1. The molecule has 0 saturated heterocycles. The highest BCUT2D eigenvalue weighted by Gasteiger charge is 2.09. The van der Waals surface area contributed by atoms with E-state index in [2.05, 4.69) is 17.5 Å². The molecule has 1 rings (SSSR count). The molecule has 0 aliphatic heterocycles. The van der Waals surface area contributed by atoms with Crippen LogP contribution in [-0.2, 0) is 0 Å². The summed E-state index contributed by atoms with van der Waals surface area (Å²) >= 11 is 4.60. The van der Waals surface area contributed by atoms with E-state index in [0.29, 0.717) is 0 Å². The van der Waals surface area contributed by atoms with Crippen LogP contribution in [0.15, 0.2) is 18.2 Å². The number of methoxy groups -OCH3 is 1. The minimum absolute atomic E-state index is 0.0851. The Kier molecular flexibility index (Phi) is 4.19. The zero-order valence-corrected chi connectivity index (χ0v) is 9.44. The van der Waals surface area contributed by atoms with E-state index in [1.54, 1.807) is 0 Å². The first-order chi connectivity index (χ1) is 7.54. The standard InChI is InChI=1S/C10H11FN2O2S/c1-15-8-3-2-6(4-7(8)11)10(14)13-5-9(12)16/h2-4H,5H2,1H3,(H2,12,16)(H,13,14). The molecule has 1 aromatic rings. The average Bonchev–Trinajstić information content (AvgIpc) is 2.25. The van der Waals surface area contributed by atoms with Crippen LogP contribution in [0.3, 0.4) is 0 Å². The fraction of sp³-hybridized carbons (Fsp3) is 0.200. The van der Waals surface area contributed by atoms with Crippen molar-refractivity contribution in [2.45, 2.75) is 0 Å². The Morgan fingerprint density at radius 1 is 1.62 bits per heavy atom. The molecule has 0 aliphatic carbocycles. The van der Waals surface area contributed by atoms with Crippen molar-refractivity contribution >= 4 is 23.1 Å². The molecule has 0 bridgehead atoms. The van der Waals surface area contributed by atoms with Gasteiger partial charge in [-0.05, 0) is 18.2 Å². The van der Waals surface area contributed by atoms with Crippen molar-refractivity contribution in [2.75, 3.05) is 13.7 Å². The van der Waals surface area contributed by atoms with Gasteiger partial charge < -0.3 is 15.8 Å². The van der Waals surface area contributed by atoms with Crippen LogP contribution in [0.2, 0.25) is 0 Å². The van der Waals surface area contributed by atoms with Crippen molar-refractivity contribution in [1.29, 1.82) is 0 Å². The third-order valence-corrected chi connectivity index (χ3v) is 1.98. The molecule has 0 heterocycles. The molecule has 0 spiro atoms. The summed E-state index contributed by atoms with van der Waals surface area (Å²) in [5.74, 6) is -0.939. The number of carbonyl (C=O) groups is 1. The summed E-state index contributed by atoms with van der Waals surface area (Å²) in [6, 6.07) is 3.93. The fourth-order valence-electron chi connectivity index (χ4n) is 1.08. The second-order valence-corrected chi connectivity index (χ2v) is 3.52. The Bertz CT molecular complexity index is 423. The number of halogens is 1. The molecule has 1 aromatic carbocycles. The summed E-state index contributed by atoms with van der Waals surface area (Å²) in [6.45, 7) is 0.0851. The van der Waals surface area contributed by atoms with Gasteiger partial charge in [0.25, 0.3) is 5.91 Å². The van der Waals surface area contributed by atoms with Gasteiger partial charge in [0.1, 0.15) is 0 Å². The third kappa shape index (κ3) is 3.16. The Morgan fingerprint density at radius 3 is 2.81 bits per heavy atom. The van der Waals surface area contributed by atoms with E-state index in [-0.39, 0.29) is 22.8 Å². The van der Waals surface area contributed by atoms with Crippen LogP contribution in [0.25, 0.3) is 0 Å². The highest BCUT2D eigenvalue weighted by Crippen LogP contribution is 2.17. The van der Waals surface area contributed by atoms with Gasteiger partial charge in [-0.15, -0.1) is 0 Å². The second-order valence-electron chi connectivity index (χ2n) is 3.00. The molecule has 4 nitrogen and oxygen atoms in total. The van der Waals surface area contributed by atoms with Gasteiger partial charge in [0, 0.05) is 5.56 Å². The second kappa shape index (κ2) is 5.41. The molecule has 0 unspecified atom stereocenters. The molecule has 6 heteroatoms. The average molecular weight is 242 g/mol. The van der Waals surface area contributed by atoms with Crippen LogP contribution in [0.4, 0.5) is 4.39 Å². The number of benzene rings is 1. The highest BCUT2D eigenvalue weighted by molar-refractivity contribution is 7.80. The van der Waals surface area contributed by atoms with Crippen molar-refractivity contribution in [3.63, 3.8) is 0 Å². The van der Waals surface area contributed by atoms with Crippen LogP contribution >= 0.6 is 12.2 Å². The molecule has 0 radical (unpaired) electrons. The zero-order chi connectivity index (χ0) is 12.1. The summed E-state index contributed by atoms with van der Waals surface area (Å²) in [4.78, 5) is 11.6. The summed E-state index contributed by atoms with van der Waals surface area (Å²) in [5, 5.41) is 2.45. The van der Waals surface area contributed by atoms with E-state index in [1.165, 1.54) is 19.2 Å². The molecule has 16 heavy (non-hydrogen) atoms. The van der Waals surface area contributed by atoms with Crippen LogP contribution in [0.1, 0.15) is 10.4 Å². The Balaban J connectivity index is 2.77. The first kappa shape index (κ1) is 12.4. The zero-order valence-electron chi connectivity index (χ0n) is 8.62. The van der Waals surface area contributed by atoms with Crippen LogP contribution in [0, 0.1) is 5.82 Å². The Labute approximate surface area is 97.6 Å². The van der Waals surface area contributed by atoms with E-state index >= 15 is 0 Å². The van der Waals surface area contributed by atoms with E-state index < -0.39 is 11.7 Å². The van der Waals surface area contributed by atoms with Crippen LogP contribution < -0.4 is 15.8 Å². The lowest BCUT2D eigenvalue weighted by molar-refractivity contribution is 0.0959. The SMILES string of the molecule is COc1ccc(C(=O)NCC(N)=S)cc1F. The van der Waals surface area contributed by atoms with Gasteiger partial charge in [-0.1, -0.05) is 12.2 Å². The lowest BCUT2D eigenvalue weighted by atomic mass is 10.2. The van der Waals surface area contributed by atoms with E-state index in [0.717, 1.165) is 6.07 Å². The maximum atomic E-state index is 13.3. The van der Waals surface area contributed by atoms with Crippen molar-refractivity contribution in [3.05, 3.63) is 29.6 Å². The normalized spacial score (nSPS) is 9.62. The van der Waals surface area contributed by atoms with Gasteiger partial charge in [-0.3, -0.25) is 4.79 Å². The summed E-state index contributed by atoms with van der Waals surface area (Å²) in [6.07, 6.45) is 0. The summed E-state index contributed by atoms with van der Waals surface area (Å²) < 4.78 is 18.0. The molecular formula is C10H11FN2O2S. The topological polar surface area (TPSA) is 64.3 Å². The third-order valence-electron chi connectivity index (χ3n) is 1.84. The monoisotopic (exact) mass is 242 g/mol. The molecular weight excluding hydrogens is 231 g/mol. The lowest BCUT2D eigenvalue weighted by Gasteiger charge is -2.06. The Hall–Kier alpha value is -1.69. The fourth-order valence-corrected chi connectivity index (χ4v) is 1.15. The molecule has 1 amide bonds. The number of nitrogens with one attached hydrogen (secondary N) is 1. The number of carbonyl (C=O) groups excluding carboxylic acids is 1. The summed E-state index contributed by atoms with van der Waals surface area (Å²) in [7, 11) is 1.35. The largest absolute Gasteiger partial charge is 0.494 e. The number of thiocarbonyl (C=S) groups is 1. The minimum atomic E-state index is -0.592. The molecule has 0 aromatic heterocycles. The van der Waals surface area contributed by atoms with Crippen LogP contribution in [0.5, 0.6) is 5.75 Å². The molecule has 0 aliphatic rings. The van der Waals surface area contributed by atoms with Gasteiger partial charge in [0.05, 0.1) is 18.6 Å². The van der Waals surface area contributed by atoms with Gasteiger partial charge in [-0.2, -0.15) is 0 Å². The summed E-state index contributed by atoms with van der Waals surface area (Å²) in [5.41, 5.74) is 5.41. The predicted octanol–water partition coefficient (Wildman–Crippen LogP) is 0.850. The molecule has 86 valence electrons. The van der Waals surface area contributed by atoms with E-state index in [4.69, 9.17) is 10.5 Å². The van der Waals surface area contributed by atoms with E-state index in [9.17, 15) is 9.18 Å². The minimum Gasteiger partial charge on any atom is -0.494 e. The molecule has 0 atom stereocenters. The van der Waals surface area contributed by atoms with Gasteiger partial charge in [-0.25, -0.2) is 4.39 Å².